The molecule has 1 aliphatic rings. The van der Waals surface area contributed by atoms with Crippen molar-refractivity contribution >= 4 is 11.8 Å². The number of carbonyl (C=O) groups excluding carboxylic acids is 2. The summed E-state index contributed by atoms with van der Waals surface area (Å²) in [5.41, 5.74) is 0.535. The Morgan fingerprint density at radius 1 is 1.25 bits per heavy atom. The van der Waals surface area contributed by atoms with Crippen molar-refractivity contribution in [3.8, 4) is 0 Å². The smallest absolute Gasteiger partial charge is 0.313 e. The molecule has 0 aromatic heterocycles. The lowest BCUT2D eigenvalue weighted by atomic mass is 10.1. The number of benzene rings is 1. The number of esters is 1. The average Bonchev–Trinajstić information content (AvgIpc) is 3.02. The minimum atomic E-state index is -0.506. The summed E-state index contributed by atoms with van der Waals surface area (Å²) in [4.78, 5) is 22.1. The van der Waals surface area contributed by atoms with E-state index in [9.17, 15) is 9.59 Å². The molecule has 1 atom stereocenters. The molecule has 0 bridgehead atoms. The van der Waals surface area contributed by atoms with E-state index in [0.29, 0.717) is 11.7 Å². The van der Waals surface area contributed by atoms with Crippen LogP contribution in [0.2, 0.25) is 0 Å². The van der Waals surface area contributed by atoms with E-state index < -0.39 is 5.97 Å². The molecule has 110 valence electrons. The van der Waals surface area contributed by atoms with Gasteiger partial charge in [0.2, 0.25) is 0 Å². The van der Waals surface area contributed by atoms with Crippen LogP contribution in [0.4, 0.5) is 0 Å². The number of hydrogen-bond acceptors (Lipinski definition) is 5. The molecule has 1 heterocycles. The normalized spacial score (nSPS) is 17.0. The van der Waals surface area contributed by atoms with Gasteiger partial charge in [-0.25, -0.2) is 0 Å². The molecule has 1 aromatic carbocycles. The second kappa shape index (κ2) is 9.23. The Bertz CT molecular complexity index is 413. The van der Waals surface area contributed by atoms with Gasteiger partial charge in [-0.05, 0) is 13.0 Å². The lowest BCUT2D eigenvalue weighted by Gasteiger charge is -2.01. The molecule has 1 saturated heterocycles. The highest BCUT2D eigenvalue weighted by atomic mass is 16.5. The van der Waals surface area contributed by atoms with Crippen molar-refractivity contribution in [3.63, 3.8) is 0 Å². The summed E-state index contributed by atoms with van der Waals surface area (Å²) in [6.45, 7) is 2.16. The summed E-state index contributed by atoms with van der Waals surface area (Å²) in [6.07, 6.45) is 1.47. The molecule has 1 unspecified atom stereocenters. The molecule has 20 heavy (non-hydrogen) atoms. The first kappa shape index (κ1) is 16.3. The van der Waals surface area contributed by atoms with E-state index in [4.69, 9.17) is 4.74 Å². The molecule has 0 radical (unpaired) electrons. The Morgan fingerprint density at radius 2 is 1.95 bits per heavy atom. The van der Waals surface area contributed by atoms with Crippen molar-refractivity contribution in [2.24, 2.45) is 0 Å². The summed E-state index contributed by atoms with van der Waals surface area (Å²) >= 11 is 0. The number of ether oxygens (including phenoxy) is 2. The molecule has 1 aliphatic heterocycles. The molecule has 5 nitrogen and oxygen atoms in total. The fourth-order valence-electron chi connectivity index (χ4n) is 1.76. The van der Waals surface area contributed by atoms with E-state index in [0.717, 1.165) is 13.1 Å². The third kappa shape index (κ3) is 5.95. The van der Waals surface area contributed by atoms with Gasteiger partial charge < -0.3 is 14.8 Å². The van der Waals surface area contributed by atoms with Gasteiger partial charge in [0.15, 0.2) is 5.78 Å². The molecule has 1 fully saturated rings. The quantitative estimate of drug-likeness (QED) is 0.513. The second-order valence-electron chi connectivity index (χ2n) is 4.39. The van der Waals surface area contributed by atoms with Gasteiger partial charge in [0.1, 0.15) is 6.42 Å². The molecule has 0 saturated carbocycles. The zero-order chi connectivity index (χ0) is 14.8. The van der Waals surface area contributed by atoms with E-state index in [2.05, 4.69) is 10.1 Å². The zero-order valence-electron chi connectivity index (χ0n) is 11.9. The van der Waals surface area contributed by atoms with Crippen LogP contribution in [0.1, 0.15) is 23.2 Å². The van der Waals surface area contributed by atoms with Gasteiger partial charge >= 0.3 is 5.97 Å². The highest BCUT2D eigenvalue weighted by Gasteiger charge is 2.11. The summed E-state index contributed by atoms with van der Waals surface area (Å²) in [7, 11) is 3.03. The van der Waals surface area contributed by atoms with Crippen LogP contribution in [0.3, 0.4) is 0 Å². The monoisotopic (exact) mass is 279 g/mol. The van der Waals surface area contributed by atoms with E-state index in [1.54, 1.807) is 31.4 Å². The fraction of sp³-hybridized carbons (Fsp3) is 0.467. The molecule has 5 heteroatoms. The number of ketones is 1. The van der Waals surface area contributed by atoms with Gasteiger partial charge in [-0.2, -0.15) is 0 Å². The first-order valence-corrected chi connectivity index (χ1v) is 6.56. The summed E-state index contributed by atoms with van der Waals surface area (Å²) < 4.78 is 9.43. The van der Waals surface area contributed by atoms with Crippen molar-refractivity contribution in [2.75, 3.05) is 27.3 Å². The largest absolute Gasteiger partial charge is 0.469 e. The van der Waals surface area contributed by atoms with Crippen LogP contribution >= 0.6 is 0 Å². The number of Topliss-reactive ketones (excluding diaryl/α,β-unsaturated/α-hetero) is 1. The fourth-order valence-corrected chi connectivity index (χ4v) is 1.76. The Kier molecular flexibility index (Phi) is 7.54. The molecule has 0 aliphatic carbocycles. The number of rotatable bonds is 4. The Labute approximate surface area is 119 Å². The number of methoxy groups -OCH3 is 2. The standard InChI is InChI=1S/C10H10O3.C5H11NO/c1-13-10(12)7-9(11)8-5-3-2-4-6-8;1-7-5-2-3-6-4-5/h2-6H,7H2,1H3;5-6H,2-4H2,1H3. The van der Waals surface area contributed by atoms with Crippen LogP contribution in [0.25, 0.3) is 0 Å². The highest BCUT2D eigenvalue weighted by molar-refractivity contribution is 6.05. The lowest BCUT2D eigenvalue weighted by Crippen LogP contribution is -2.14. The van der Waals surface area contributed by atoms with Crippen LogP contribution in [0, 0.1) is 0 Å². The Morgan fingerprint density at radius 3 is 2.40 bits per heavy atom. The molecule has 1 aromatic rings. The molecular weight excluding hydrogens is 258 g/mol. The SMILES string of the molecule is COC(=O)CC(=O)c1ccccc1.COC1CCNC1. The van der Waals surface area contributed by atoms with Gasteiger partial charge in [-0.3, -0.25) is 9.59 Å². The number of hydrogen-bond donors (Lipinski definition) is 1. The Balaban J connectivity index is 0.000000240. The second-order valence-corrected chi connectivity index (χ2v) is 4.39. The van der Waals surface area contributed by atoms with Gasteiger partial charge in [0.25, 0.3) is 0 Å². The third-order valence-corrected chi connectivity index (χ3v) is 2.98. The molecule has 0 spiro atoms. The van der Waals surface area contributed by atoms with E-state index >= 15 is 0 Å². The minimum absolute atomic E-state index is 0.194. The topological polar surface area (TPSA) is 64.6 Å². The summed E-state index contributed by atoms with van der Waals surface area (Å²) in [6, 6.07) is 8.67. The van der Waals surface area contributed by atoms with Crippen molar-refractivity contribution in [3.05, 3.63) is 35.9 Å². The molecule has 0 amide bonds. The maximum absolute atomic E-state index is 11.3. The van der Waals surface area contributed by atoms with Crippen LogP contribution < -0.4 is 5.32 Å². The summed E-state index contributed by atoms with van der Waals surface area (Å²) in [5.74, 6) is -0.721. The van der Waals surface area contributed by atoms with Gasteiger partial charge in [0, 0.05) is 19.2 Å². The first-order valence-electron chi connectivity index (χ1n) is 6.56. The van der Waals surface area contributed by atoms with Crippen LogP contribution in [-0.2, 0) is 14.3 Å². The molecule has 2 rings (SSSR count). The first-order chi connectivity index (χ1) is 9.67. The Hall–Kier alpha value is -1.72. The zero-order valence-corrected chi connectivity index (χ0v) is 11.9. The van der Waals surface area contributed by atoms with E-state index in [-0.39, 0.29) is 12.2 Å². The maximum atomic E-state index is 11.3. The molecular formula is C15H21NO4. The number of carbonyl (C=O) groups is 2. The average molecular weight is 279 g/mol. The predicted molar refractivity (Wildman–Crippen MR) is 75.7 cm³/mol. The highest BCUT2D eigenvalue weighted by Crippen LogP contribution is 2.03. The maximum Gasteiger partial charge on any atom is 0.313 e. The third-order valence-electron chi connectivity index (χ3n) is 2.98. The van der Waals surface area contributed by atoms with E-state index in [1.807, 2.05) is 6.07 Å². The van der Waals surface area contributed by atoms with Crippen molar-refractivity contribution in [1.29, 1.82) is 0 Å². The minimum Gasteiger partial charge on any atom is -0.469 e. The predicted octanol–water partition coefficient (Wildman–Crippen LogP) is 1.43. The van der Waals surface area contributed by atoms with Crippen LogP contribution in [-0.4, -0.2) is 45.2 Å². The summed E-state index contributed by atoms with van der Waals surface area (Å²) in [5, 5.41) is 3.20. The van der Waals surface area contributed by atoms with E-state index in [1.165, 1.54) is 13.5 Å². The van der Waals surface area contributed by atoms with Crippen LogP contribution in [0.5, 0.6) is 0 Å². The van der Waals surface area contributed by atoms with Gasteiger partial charge in [-0.1, -0.05) is 30.3 Å². The lowest BCUT2D eigenvalue weighted by molar-refractivity contribution is -0.139. The van der Waals surface area contributed by atoms with Crippen molar-refractivity contribution in [1.82, 2.24) is 5.32 Å². The molecule has 1 N–H and O–H groups in total. The van der Waals surface area contributed by atoms with Crippen molar-refractivity contribution < 1.29 is 19.1 Å². The van der Waals surface area contributed by atoms with Gasteiger partial charge in [0.05, 0.1) is 13.2 Å². The van der Waals surface area contributed by atoms with Crippen molar-refractivity contribution in [2.45, 2.75) is 18.9 Å². The number of nitrogens with one attached hydrogen (secondary N) is 1. The van der Waals surface area contributed by atoms with Crippen LogP contribution in [0.15, 0.2) is 30.3 Å². The van der Waals surface area contributed by atoms with Gasteiger partial charge in [-0.15, -0.1) is 0 Å².